The first-order chi connectivity index (χ1) is 7.83. The molecule has 77 valence electrons. The van der Waals surface area contributed by atoms with E-state index in [1.807, 2.05) is 29.9 Å². The van der Waals surface area contributed by atoms with Crippen LogP contribution in [0.3, 0.4) is 0 Å². The van der Waals surface area contributed by atoms with Crippen molar-refractivity contribution < 1.29 is 0 Å². The number of fused-ring (bicyclic) bond motifs is 1. The van der Waals surface area contributed by atoms with Crippen molar-refractivity contribution in [1.82, 2.24) is 19.5 Å². The largest absolute Gasteiger partial charge is 0.340 e. The number of aryl methyl sites for hydroxylation is 1. The molecule has 0 spiro atoms. The predicted molar refractivity (Wildman–Crippen MR) is 60.6 cm³/mol. The molecule has 3 heterocycles. The van der Waals surface area contributed by atoms with Crippen molar-refractivity contribution in [3.63, 3.8) is 0 Å². The molecule has 0 aliphatic carbocycles. The molecule has 0 bridgehead atoms. The number of rotatable bonds is 1. The number of imidazole rings is 1. The molecule has 0 saturated heterocycles. The van der Waals surface area contributed by atoms with Crippen molar-refractivity contribution in [3.8, 4) is 11.4 Å². The molecule has 0 aliphatic heterocycles. The molecule has 0 aliphatic rings. The summed E-state index contributed by atoms with van der Waals surface area (Å²) in [6.07, 6.45) is 5.38. The Morgan fingerprint density at radius 3 is 2.94 bits per heavy atom. The normalized spacial score (nSPS) is 10.8. The second-order valence-electron chi connectivity index (χ2n) is 3.58. The molecule has 4 heteroatoms. The molecule has 0 saturated carbocycles. The van der Waals surface area contributed by atoms with E-state index >= 15 is 0 Å². The zero-order chi connectivity index (χ0) is 11.0. The van der Waals surface area contributed by atoms with E-state index in [1.54, 1.807) is 18.6 Å². The first-order valence-corrected chi connectivity index (χ1v) is 4.95. The third-order valence-electron chi connectivity index (χ3n) is 2.35. The summed E-state index contributed by atoms with van der Waals surface area (Å²) < 4.78 is 1.89. The van der Waals surface area contributed by atoms with E-state index in [2.05, 4.69) is 21.0 Å². The number of nitrogens with zero attached hydrogens (tertiary/aromatic N) is 4. The zero-order valence-electron chi connectivity index (χ0n) is 8.75. The summed E-state index contributed by atoms with van der Waals surface area (Å²) >= 11 is 0. The van der Waals surface area contributed by atoms with Crippen molar-refractivity contribution in [3.05, 3.63) is 43.0 Å². The minimum atomic E-state index is 0.700. The van der Waals surface area contributed by atoms with Crippen LogP contribution in [-0.4, -0.2) is 19.5 Å². The molecular weight excluding hydrogens is 200 g/mol. The molecule has 0 amide bonds. The first-order valence-electron chi connectivity index (χ1n) is 4.95. The Morgan fingerprint density at radius 1 is 1.19 bits per heavy atom. The fourth-order valence-electron chi connectivity index (χ4n) is 1.58. The highest BCUT2D eigenvalue weighted by atomic mass is 15.0. The Hall–Kier alpha value is -2.23. The van der Waals surface area contributed by atoms with Gasteiger partial charge in [0.15, 0.2) is 5.65 Å². The highest BCUT2D eigenvalue weighted by Gasteiger charge is 2.04. The molecule has 1 radical (unpaired) electrons. The van der Waals surface area contributed by atoms with Crippen molar-refractivity contribution >= 4 is 11.0 Å². The molecule has 16 heavy (non-hydrogen) atoms. The lowest BCUT2D eigenvalue weighted by atomic mass is 10.2. The van der Waals surface area contributed by atoms with Crippen LogP contribution in [0.5, 0.6) is 0 Å². The highest BCUT2D eigenvalue weighted by Crippen LogP contribution is 2.17. The lowest BCUT2D eigenvalue weighted by Crippen LogP contribution is -1.87. The Labute approximate surface area is 92.6 Å². The van der Waals surface area contributed by atoms with Crippen LogP contribution in [0.25, 0.3) is 22.4 Å². The van der Waals surface area contributed by atoms with E-state index in [4.69, 9.17) is 0 Å². The SMILES string of the molecule is Cn1cnc(-c2ccc3[c]ccnc3n2)c1. The van der Waals surface area contributed by atoms with Crippen LogP contribution in [0.1, 0.15) is 0 Å². The molecule has 3 aromatic heterocycles. The molecule has 3 rings (SSSR count). The van der Waals surface area contributed by atoms with E-state index in [0.717, 1.165) is 16.8 Å². The van der Waals surface area contributed by atoms with Crippen LogP contribution in [0.15, 0.2) is 36.9 Å². The molecule has 0 atom stereocenters. The monoisotopic (exact) mass is 209 g/mol. The van der Waals surface area contributed by atoms with Gasteiger partial charge in [0.05, 0.1) is 12.0 Å². The van der Waals surface area contributed by atoms with Gasteiger partial charge in [-0.1, -0.05) is 0 Å². The van der Waals surface area contributed by atoms with E-state index < -0.39 is 0 Å². The van der Waals surface area contributed by atoms with Gasteiger partial charge in [0.25, 0.3) is 0 Å². The maximum atomic E-state index is 4.44. The predicted octanol–water partition coefficient (Wildman–Crippen LogP) is 1.83. The molecular formula is C12H9N4. The maximum absolute atomic E-state index is 4.44. The van der Waals surface area contributed by atoms with Gasteiger partial charge in [0, 0.05) is 24.8 Å². The van der Waals surface area contributed by atoms with Crippen molar-refractivity contribution in [2.24, 2.45) is 7.05 Å². The van der Waals surface area contributed by atoms with Crippen LogP contribution in [-0.2, 0) is 7.05 Å². The molecule has 0 N–H and O–H groups in total. The second kappa shape index (κ2) is 3.41. The number of aromatic nitrogens is 4. The summed E-state index contributed by atoms with van der Waals surface area (Å²) in [6, 6.07) is 8.76. The standard InChI is InChI=1S/C12H9N4/c1-16-7-11(14-8-16)10-5-4-9-3-2-6-13-12(9)15-10/h2,4-8H,1H3. The lowest BCUT2D eigenvalue weighted by molar-refractivity contribution is 0.913. The Kier molecular flexibility index (Phi) is 1.93. The zero-order valence-corrected chi connectivity index (χ0v) is 8.75. The van der Waals surface area contributed by atoms with E-state index in [9.17, 15) is 0 Å². The van der Waals surface area contributed by atoms with Gasteiger partial charge in [-0.15, -0.1) is 0 Å². The van der Waals surface area contributed by atoms with E-state index in [1.165, 1.54) is 0 Å². The second-order valence-corrected chi connectivity index (χ2v) is 3.58. The van der Waals surface area contributed by atoms with Gasteiger partial charge in [-0.2, -0.15) is 0 Å². The van der Waals surface area contributed by atoms with Crippen LogP contribution in [0.2, 0.25) is 0 Å². The van der Waals surface area contributed by atoms with Gasteiger partial charge in [0.1, 0.15) is 5.69 Å². The average Bonchev–Trinajstić information content (AvgIpc) is 2.75. The summed E-state index contributed by atoms with van der Waals surface area (Å²) in [5.41, 5.74) is 2.39. The Morgan fingerprint density at radius 2 is 2.12 bits per heavy atom. The summed E-state index contributed by atoms with van der Waals surface area (Å²) in [5.74, 6) is 0. The van der Waals surface area contributed by atoms with E-state index in [0.29, 0.717) is 5.65 Å². The van der Waals surface area contributed by atoms with Crippen LogP contribution < -0.4 is 0 Å². The van der Waals surface area contributed by atoms with Gasteiger partial charge in [-0.3, -0.25) is 0 Å². The summed E-state index contributed by atoms with van der Waals surface area (Å²) in [5, 5.41) is 0.919. The quantitative estimate of drug-likeness (QED) is 0.614. The van der Waals surface area contributed by atoms with Gasteiger partial charge in [-0.05, 0) is 24.3 Å². The van der Waals surface area contributed by atoms with Gasteiger partial charge in [0.2, 0.25) is 0 Å². The van der Waals surface area contributed by atoms with Gasteiger partial charge < -0.3 is 4.57 Å². The first kappa shape index (κ1) is 9.03. The van der Waals surface area contributed by atoms with Crippen molar-refractivity contribution in [1.29, 1.82) is 0 Å². The number of pyridine rings is 2. The fourth-order valence-corrected chi connectivity index (χ4v) is 1.58. The minimum absolute atomic E-state index is 0.700. The van der Waals surface area contributed by atoms with Gasteiger partial charge in [-0.25, -0.2) is 15.0 Å². The summed E-state index contributed by atoms with van der Waals surface area (Å²) in [6.45, 7) is 0. The molecule has 0 unspecified atom stereocenters. The van der Waals surface area contributed by atoms with Gasteiger partial charge >= 0.3 is 0 Å². The lowest BCUT2D eigenvalue weighted by Gasteiger charge is -1.98. The topological polar surface area (TPSA) is 43.6 Å². The molecule has 0 aromatic carbocycles. The average molecular weight is 209 g/mol. The fraction of sp³-hybridized carbons (Fsp3) is 0.0833. The summed E-state index contributed by atoms with van der Waals surface area (Å²) in [4.78, 5) is 12.9. The van der Waals surface area contributed by atoms with E-state index in [-0.39, 0.29) is 0 Å². The van der Waals surface area contributed by atoms with Crippen LogP contribution >= 0.6 is 0 Å². The highest BCUT2D eigenvalue weighted by molar-refractivity contribution is 5.76. The van der Waals surface area contributed by atoms with Crippen LogP contribution in [0.4, 0.5) is 0 Å². The minimum Gasteiger partial charge on any atom is -0.340 e. The van der Waals surface area contributed by atoms with Crippen LogP contribution in [0, 0.1) is 6.07 Å². The Bertz CT molecular complexity index is 642. The molecule has 4 nitrogen and oxygen atoms in total. The molecule has 3 aromatic rings. The Balaban J connectivity index is 2.18. The number of hydrogen-bond donors (Lipinski definition) is 0. The van der Waals surface area contributed by atoms with Crippen molar-refractivity contribution in [2.45, 2.75) is 0 Å². The van der Waals surface area contributed by atoms with Crippen molar-refractivity contribution in [2.75, 3.05) is 0 Å². The number of hydrogen-bond acceptors (Lipinski definition) is 3. The maximum Gasteiger partial charge on any atom is 0.160 e. The third-order valence-corrected chi connectivity index (χ3v) is 2.35. The molecule has 0 fully saturated rings. The third kappa shape index (κ3) is 1.44. The smallest absolute Gasteiger partial charge is 0.160 e. The summed E-state index contributed by atoms with van der Waals surface area (Å²) in [7, 11) is 1.93.